The van der Waals surface area contributed by atoms with Crippen molar-refractivity contribution in [2.24, 2.45) is 0 Å². The summed E-state index contributed by atoms with van der Waals surface area (Å²) in [5, 5.41) is 5.24. The maximum absolute atomic E-state index is 10.8. The molecule has 1 fully saturated rings. The summed E-state index contributed by atoms with van der Waals surface area (Å²) < 4.78 is 5.49. The van der Waals surface area contributed by atoms with Gasteiger partial charge in [0.15, 0.2) is 0 Å². The number of nitrogens with one attached hydrogen (secondary N) is 2. The first-order valence-corrected chi connectivity index (χ1v) is 4.26. The summed E-state index contributed by atoms with van der Waals surface area (Å²) >= 11 is 0. The van der Waals surface area contributed by atoms with Crippen LogP contribution in [0.3, 0.4) is 0 Å². The van der Waals surface area contributed by atoms with Gasteiger partial charge >= 0.3 is 6.03 Å². The average Bonchev–Trinajstić information content (AvgIpc) is 2.49. The Balaban J connectivity index is 2.25. The summed E-state index contributed by atoms with van der Waals surface area (Å²) in [6, 6.07) is -0.147. The van der Waals surface area contributed by atoms with E-state index in [1.165, 1.54) is 0 Å². The minimum absolute atomic E-state index is 0.146. The Morgan fingerprint density at radius 3 is 2.92 bits per heavy atom. The molecule has 0 saturated carbocycles. The molecule has 0 spiro atoms. The van der Waals surface area contributed by atoms with E-state index >= 15 is 0 Å². The third-order valence-corrected chi connectivity index (χ3v) is 2.15. The summed E-state index contributed by atoms with van der Waals surface area (Å²) in [6.45, 7) is 3.43. The van der Waals surface area contributed by atoms with Gasteiger partial charge in [0.2, 0.25) is 0 Å². The van der Waals surface area contributed by atoms with Gasteiger partial charge in [0.05, 0.1) is 5.60 Å². The van der Waals surface area contributed by atoms with Gasteiger partial charge in [0.1, 0.15) is 0 Å². The predicted molar refractivity (Wildman–Crippen MR) is 46.0 cm³/mol. The van der Waals surface area contributed by atoms with Crippen LogP contribution in [0, 0.1) is 0 Å². The number of hydrogen-bond donors (Lipinski definition) is 2. The summed E-state index contributed by atoms with van der Waals surface area (Å²) in [6.07, 6.45) is 2.11. The second-order valence-corrected chi connectivity index (χ2v) is 3.33. The van der Waals surface area contributed by atoms with E-state index in [-0.39, 0.29) is 11.6 Å². The lowest BCUT2D eigenvalue weighted by Crippen LogP contribution is -2.43. The lowest BCUT2D eigenvalue weighted by atomic mass is 10.0. The highest BCUT2D eigenvalue weighted by Crippen LogP contribution is 2.23. The van der Waals surface area contributed by atoms with Crippen LogP contribution >= 0.6 is 0 Å². The zero-order chi connectivity index (χ0) is 9.03. The Morgan fingerprint density at radius 2 is 2.42 bits per heavy atom. The molecule has 2 N–H and O–H groups in total. The van der Waals surface area contributed by atoms with Crippen molar-refractivity contribution in [3.63, 3.8) is 0 Å². The summed E-state index contributed by atoms with van der Waals surface area (Å²) in [4.78, 5) is 10.8. The molecule has 0 bridgehead atoms. The lowest BCUT2D eigenvalue weighted by molar-refractivity contribution is 0.0229. The highest BCUT2D eigenvalue weighted by molar-refractivity contribution is 5.73. The van der Waals surface area contributed by atoms with E-state index in [4.69, 9.17) is 4.74 Å². The summed E-state index contributed by atoms with van der Waals surface area (Å²) in [5.41, 5.74) is -0.146. The SMILES string of the molecule is CNC(=O)NCC1(C)CCCO1. The van der Waals surface area contributed by atoms with Gasteiger partial charge in [-0.05, 0) is 19.8 Å². The van der Waals surface area contributed by atoms with Gasteiger partial charge in [-0.1, -0.05) is 0 Å². The molecule has 0 aromatic carbocycles. The molecule has 4 heteroatoms. The monoisotopic (exact) mass is 172 g/mol. The fourth-order valence-electron chi connectivity index (χ4n) is 1.33. The van der Waals surface area contributed by atoms with Crippen molar-refractivity contribution in [2.75, 3.05) is 20.2 Å². The van der Waals surface area contributed by atoms with Crippen molar-refractivity contribution in [1.82, 2.24) is 10.6 Å². The minimum Gasteiger partial charge on any atom is -0.373 e. The zero-order valence-corrected chi connectivity index (χ0v) is 7.64. The number of carbonyl (C=O) groups excluding carboxylic acids is 1. The Kier molecular flexibility index (Phi) is 2.92. The normalized spacial score (nSPS) is 28.5. The van der Waals surface area contributed by atoms with Crippen LogP contribution in [0.2, 0.25) is 0 Å². The van der Waals surface area contributed by atoms with E-state index in [1.54, 1.807) is 7.05 Å². The van der Waals surface area contributed by atoms with Crippen LogP contribution in [-0.4, -0.2) is 31.8 Å². The quantitative estimate of drug-likeness (QED) is 0.636. The Morgan fingerprint density at radius 1 is 1.67 bits per heavy atom. The van der Waals surface area contributed by atoms with E-state index in [1.807, 2.05) is 6.92 Å². The van der Waals surface area contributed by atoms with Gasteiger partial charge in [-0.3, -0.25) is 0 Å². The number of urea groups is 1. The van der Waals surface area contributed by atoms with Gasteiger partial charge in [-0.25, -0.2) is 4.79 Å². The third kappa shape index (κ3) is 2.37. The van der Waals surface area contributed by atoms with Crippen molar-refractivity contribution in [3.8, 4) is 0 Å². The molecule has 0 aromatic heterocycles. The van der Waals surface area contributed by atoms with Crippen LogP contribution in [0.25, 0.3) is 0 Å². The van der Waals surface area contributed by atoms with Gasteiger partial charge in [-0.2, -0.15) is 0 Å². The van der Waals surface area contributed by atoms with Gasteiger partial charge in [-0.15, -0.1) is 0 Å². The number of carbonyl (C=O) groups is 1. The molecule has 1 heterocycles. The van der Waals surface area contributed by atoms with Gasteiger partial charge < -0.3 is 15.4 Å². The second-order valence-electron chi connectivity index (χ2n) is 3.33. The molecule has 1 aliphatic rings. The second kappa shape index (κ2) is 3.76. The standard InChI is InChI=1S/C8H16N2O2/c1-8(4-3-5-12-8)6-10-7(11)9-2/h3-6H2,1-2H3,(H2,9,10,11). The number of ether oxygens (including phenoxy) is 1. The first-order chi connectivity index (χ1) is 5.66. The van der Waals surface area contributed by atoms with Crippen LogP contribution in [0.4, 0.5) is 4.79 Å². The first-order valence-electron chi connectivity index (χ1n) is 4.26. The van der Waals surface area contributed by atoms with Crippen molar-refractivity contribution in [1.29, 1.82) is 0 Å². The molecule has 0 aliphatic carbocycles. The van der Waals surface area contributed by atoms with Crippen LogP contribution < -0.4 is 10.6 Å². The Bertz CT molecular complexity index is 164. The van der Waals surface area contributed by atoms with Crippen LogP contribution in [-0.2, 0) is 4.74 Å². The molecule has 70 valence electrons. The molecule has 0 radical (unpaired) electrons. The van der Waals surface area contributed by atoms with Gasteiger partial charge in [0.25, 0.3) is 0 Å². The van der Waals surface area contributed by atoms with Crippen LogP contribution in [0.5, 0.6) is 0 Å². The van der Waals surface area contributed by atoms with Gasteiger partial charge in [0, 0.05) is 20.2 Å². The van der Waals surface area contributed by atoms with Crippen molar-refractivity contribution >= 4 is 6.03 Å². The largest absolute Gasteiger partial charge is 0.373 e. The molecule has 4 nitrogen and oxygen atoms in total. The third-order valence-electron chi connectivity index (χ3n) is 2.15. The predicted octanol–water partition coefficient (Wildman–Crippen LogP) is 0.484. The molecule has 1 saturated heterocycles. The molecule has 12 heavy (non-hydrogen) atoms. The summed E-state index contributed by atoms with van der Waals surface area (Å²) in [5.74, 6) is 0. The topological polar surface area (TPSA) is 50.4 Å². The highest BCUT2D eigenvalue weighted by Gasteiger charge is 2.29. The fourth-order valence-corrected chi connectivity index (χ4v) is 1.33. The van der Waals surface area contributed by atoms with E-state index in [0.717, 1.165) is 19.4 Å². The first kappa shape index (κ1) is 9.32. The van der Waals surface area contributed by atoms with E-state index < -0.39 is 0 Å². The fraction of sp³-hybridized carbons (Fsp3) is 0.875. The van der Waals surface area contributed by atoms with E-state index in [0.29, 0.717) is 6.54 Å². The summed E-state index contributed by atoms with van der Waals surface area (Å²) in [7, 11) is 1.60. The van der Waals surface area contributed by atoms with E-state index in [2.05, 4.69) is 10.6 Å². The highest BCUT2D eigenvalue weighted by atomic mass is 16.5. The van der Waals surface area contributed by atoms with E-state index in [9.17, 15) is 4.79 Å². The molecule has 1 atom stereocenters. The van der Waals surface area contributed by atoms with Crippen LogP contribution in [0.1, 0.15) is 19.8 Å². The van der Waals surface area contributed by atoms with Crippen molar-refractivity contribution in [2.45, 2.75) is 25.4 Å². The molecule has 1 unspecified atom stereocenters. The van der Waals surface area contributed by atoms with Crippen molar-refractivity contribution in [3.05, 3.63) is 0 Å². The molecular formula is C8H16N2O2. The zero-order valence-electron chi connectivity index (χ0n) is 7.64. The maximum Gasteiger partial charge on any atom is 0.314 e. The lowest BCUT2D eigenvalue weighted by Gasteiger charge is -2.22. The molecule has 1 rings (SSSR count). The number of amides is 2. The van der Waals surface area contributed by atoms with Crippen LogP contribution in [0.15, 0.2) is 0 Å². The Hall–Kier alpha value is -0.770. The van der Waals surface area contributed by atoms with Crippen molar-refractivity contribution < 1.29 is 9.53 Å². The molecule has 0 aromatic rings. The molecular weight excluding hydrogens is 156 g/mol. The Labute approximate surface area is 72.7 Å². The maximum atomic E-state index is 10.8. The smallest absolute Gasteiger partial charge is 0.314 e. The number of hydrogen-bond acceptors (Lipinski definition) is 2. The molecule has 1 aliphatic heterocycles. The number of rotatable bonds is 2. The average molecular weight is 172 g/mol. The molecule has 2 amide bonds. The minimum atomic E-state index is -0.147.